The number of guanidine groups is 1. The molecule has 2 aromatic rings. The quantitative estimate of drug-likeness (QED) is 0.436. The van der Waals surface area contributed by atoms with Crippen LogP contribution in [-0.2, 0) is 12.8 Å². The number of aliphatic imine (C=N–C) groups is 1. The van der Waals surface area contributed by atoms with Gasteiger partial charge >= 0.3 is 0 Å². The fourth-order valence-corrected chi connectivity index (χ4v) is 3.58. The van der Waals surface area contributed by atoms with Gasteiger partial charge in [-0.2, -0.15) is 0 Å². The first-order valence-electron chi connectivity index (χ1n) is 8.01. The van der Waals surface area contributed by atoms with Crippen LogP contribution in [0.3, 0.4) is 0 Å². The molecule has 7 heteroatoms. The van der Waals surface area contributed by atoms with Gasteiger partial charge in [-0.15, -0.1) is 22.7 Å². The van der Waals surface area contributed by atoms with Gasteiger partial charge < -0.3 is 10.6 Å². The Balaban J connectivity index is 1.70. The molecule has 2 N–H and O–H groups in total. The molecule has 2 heterocycles. The number of rotatable bonds is 8. The summed E-state index contributed by atoms with van der Waals surface area (Å²) in [6.07, 6.45) is 2.95. The maximum Gasteiger partial charge on any atom is 0.191 e. The van der Waals surface area contributed by atoms with Gasteiger partial charge in [0.2, 0.25) is 0 Å². The molecule has 0 aliphatic carbocycles. The van der Waals surface area contributed by atoms with Gasteiger partial charge in [0.05, 0.1) is 15.7 Å². The number of aromatic nitrogens is 2. The molecule has 0 spiro atoms. The Morgan fingerprint density at radius 1 is 1.13 bits per heavy atom. The van der Waals surface area contributed by atoms with Gasteiger partial charge in [-0.3, -0.25) is 4.99 Å². The van der Waals surface area contributed by atoms with Gasteiger partial charge in [-0.1, -0.05) is 0 Å². The van der Waals surface area contributed by atoms with Crippen molar-refractivity contribution in [3.8, 4) is 0 Å². The molecule has 2 aromatic heterocycles. The van der Waals surface area contributed by atoms with E-state index in [4.69, 9.17) is 0 Å². The second-order valence-corrected chi connectivity index (χ2v) is 7.29. The highest BCUT2D eigenvalue weighted by Gasteiger charge is 2.01. The highest BCUT2D eigenvalue weighted by atomic mass is 32.1. The summed E-state index contributed by atoms with van der Waals surface area (Å²) in [5.41, 5.74) is 2.26. The number of nitrogens with zero attached hydrogens (tertiary/aromatic N) is 3. The predicted molar refractivity (Wildman–Crippen MR) is 99.7 cm³/mol. The first-order valence-corrected chi connectivity index (χ1v) is 9.77. The fraction of sp³-hybridized carbons (Fsp3) is 0.562. The molecule has 2 rings (SSSR count). The van der Waals surface area contributed by atoms with Crippen molar-refractivity contribution < 1.29 is 0 Å². The smallest absolute Gasteiger partial charge is 0.191 e. The fourth-order valence-electron chi connectivity index (χ4n) is 2.11. The van der Waals surface area contributed by atoms with Crippen LogP contribution in [0.15, 0.2) is 15.8 Å². The second kappa shape index (κ2) is 9.62. The van der Waals surface area contributed by atoms with Gasteiger partial charge in [-0.05, 0) is 27.2 Å². The number of nitrogens with one attached hydrogen (secondary N) is 2. The van der Waals surface area contributed by atoms with Crippen molar-refractivity contribution in [3.05, 3.63) is 32.2 Å². The number of hydrogen-bond donors (Lipinski definition) is 2. The molecule has 0 saturated carbocycles. The lowest BCUT2D eigenvalue weighted by Crippen LogP contribution is -2.38. The van der Waals surface area contributed by atoms with E-state index in [0.29, 0.717) is 0 Å². The largest absolute Gasteiger partial charge is 0.357 e. The molecule has 0 bridgehead atoms. The normalized spacial score (nSPS) is 11.7. The van der Waals surface area contributed by atoms with Gasteiger partial charge in [0, 0.05) is 48.9 Å². The number of aryl methyl sites for hydroxylation is 3. The van der Waals surface area contributed by atoms with Crippen LogP contribution in [0.1, 0.15) is 34.7 Å². The van der Waals surface area contributed by atoms with Crippen LogP contribution in [0, 0.1) is 13.8 Å². The van der Waals surface area contributed by atoms with E-state index in [1.165, 1.54) is 5.01 Å². The molecule has 0 unspecified atom stereocenters. The summed E-state index contributed by atoms with van der Waals surface area (Å²) in [7, 11) is 0. The third kappa shape index (κ3) is 6.66. The van der Waals surface area contributed by atoms with Crippen LogP contribution < -0.4 is 10.6 Å². The van der Waals surface area contributed by atoms with Crippen LogP contribution in [0.4, 0.5) is 0 Å². The Labute approximate surface area is 146 Å². The second-order valence-electron chi connectivity index (χ2n) is 5.28. The molecule has 0 radical (unpaired) electrons. The summed E-state index contributed by atoms with van der Waals surface area (Å²) < 4.78 is 0. The molecule has 0 aromatic carbocycles. The van der Waals surface area contributed by atoms with Crippen LogP contribution in [0.2, 0.25) is 0 Å². The average molecular weight is 352 g/mol. The first-order chi connectivity index (χ1) is 11.2. The van der Waals surface area contributed by atoms with E-state index in [0.717, 1.165) is 61.3 Å². The van der Waals surface area contributed by atoms with Gasteiger partial charge in [0.25, 0.3) is 0 Å². The summed E-state index contributed by atoms with van der Waals surface area (Å²) in [5.74, 6) is 0.884. The molecule has 23 heavy (non-hydrogen) atoms. The van der Waals surface area contributed by atoms with Gasteiger partial charge in [0.15, 0.2) is 5.96 Å². The highest BCUT2D eigenvalue weighted by Crippen LogP contribution is 2.10. The zero-order valence-corrected chi connectivity index (χ0v) is 15.7. The van der Waals surface area contributed by atoms with Crippen molar-refractivity contribution in [1.82, 2.24) is 20.6 Å². The maximum atomic E-state index is 4.63. The van der Waals surface area contributed by atoms with Crippen molar-refractivity contribution in [2.75, 3.05) is 19.6 Å². The monoisotopic (exact) mass is 351 g/mol. The molecule has 0 atom stereocenters. The van der Waals surface area contributed by atoms with Crippen molar-refractivity contribution in [3.63, 3.8) is 0 Å². The van der Waals surface area contributed by atoms with Crippen LogP contribution in [0.25, 0.3) is 0 Å². The van der Waals surface area contributed by atoms with Crippen molar-refractivity contribution in [2.24, 2.45) is 4.99 Å². The Morgan fingerprint density at radius 2 is 2.00 bits per heavy atom. The van der Waals surface area contributed by atoms with E-state index in [9.17, 15) is 0 Å². The molecule has 0 amide bonds. The number of thiazole rings is 2. The SMILES string of the molecule is CCNC(=NCCCc1nc(C)cs1)NCCc1csc(C)n1. The third-order valence-electron chi connectivity index (χ3n) is 3.17. The van der Waals surface area contributed by atoms with Crippen molar-refractivity contribution in [1.29, 1.82) is 0 Å². The highest BCUT2D eigenvalue weighted by molar-refractivity contribution is 7.09. The Bertz CT molecular complexity index is 618. The van der Waals surface area contributed by atoms with Gasteiger partial charge in [-0.25, -0.2) is 9.97 Å². The Kier molecular flexibility index (Phi) is 7.48. The lowest BCUT2D eigenvalue weighted by Gasteiger charge is -2.10. The van der Waals surface area contributed by atoms with Crippen molar-refractivity contribution >= 4 is 28.6 Å². The molecule has 5 nitrogen and oxygen atoms in total. The summed E-state index contributed by atoms with van der Waals surface area (Å²) in [6.45, 7) is 8.68. The van der Waals surface area contributed by atoms with E-state index < -0.39 is 0 Å². The molecular weight excluding hydrogens is 326 g/mol. The van der Waals surface area contributed by atoms with E-state index >= 15 is 0 Å². The summed E-state index contributed by atoms with van der Waals surface area (Å²) >= 11 is 3.44. The standard InChI is InChI=1S/C16H25N5S2/c1-4-17-16(19-9-7-14-11-22-13(3)21-14)18-8-5-6-15-20-12(2)10-23-15/h10-11H,4-9H2,1-3H3,(H2,17,18,19). The summed E-state index contributed by atoms with van der Waals surface area (Å²) in [5, 5.41) is 13.2. The summed E-state index contributed by atoms with van der Waals surface area (Å²) in [6, 6.07) is 0. The Morgan fingerprint density at radius 3 is 2.65 bits per heavy atom. The van der Waals surface area contributed by atoms with E-state index in [1.54, 1.807) is 22.7 Å². The Hall–Kier alpha value is -1.47. The maximum absolute atomic E-state index is 4.63. The van der Waals surface area contributed by atoms with Crippen molar-refractivity contribution in [2.45, 2.75) is 40.0 Å². The molecule has 0 aliphatic heterocycles. The molecular formula is C16H25N5S2. The average Bonchev–Trinajstić information content (AvgIpc) is 3.12. The predicted octanol–water partition coefficient (Wildman–Crippen LogP) is 2.95. The number of hydrogen-bond acceptors (Lipinski definition) is 5. The zero-order valence-electron chi connectivity index (χ0n) is 14.1. The summed E-state index contributed by atoms with van der Waals surface area (Å²) in [4.78, 5) is 13.6. The van der Waals surface area contributed by atoms with E-state index in [-0.39, 0.29) is 0 Å². The molecule has 0 saturated heterocycles. The van der Waals surface area contributed by atoms with Crippen LogP contribution in [-0.4, -0.2) is 35.6 Å². The minimum atomic E-state index is 0.809. The minimum Gasteiger partial charge on any atom is -0.357 e. The molecule has 126 valence electrons. The molecule has 0 aliphatic rings. The topological polar surface area (TPSA) is 62.2 Å². The first kappa shape index (κ1) is 17.9. The van der Waals surface area contributed by atoms with E-state index in [1.807, 2.05) is 13.8 Å². The van der Waals surface area contributed by atoms with Gasteiger partial charge in [0.1, 0.15) is 0 Å². The van der Waals surface area contributed by atoms with E-state index in [2.05, 4.69) is 43.3 Å². The zero-order chi connectivity index (χ0) is 16.5. The van der Waals surface area contributed by atoms with Crippen LogP contribution >= 0.6 is 22.7 Å². The molecule has 0 fully saturated rings. The third-order valence-corrected chi connectivity index (χ3v) is 5.02. The lowest BCUT2D eigenvalue weighted by atomic mass is 10.3. The lowest BCUT2D eigenvalue weighted by molar-refractivity contribution is 0.769. The minimum absolute atomic E-state index is 0.809. The van der Waals surface area contributed by atoms with Crippen LogP contribution in [0.5, 0.6) is 0 Å².